The molecule has 1 aromatic carbocycles. The third kappa shape index (κ3) is 4.91. The van der Waals surface area contributed by atoms with Gasteiger partial charge in [-0.05, 0) is 17.4 Å². The Morgan fingerprint density at radius 1 is 1.24 bits per heavy atom. The lowest BCUT2D eigenvalue weighted by Gasteiger charge is -2.05. The smallest absolute Gasteiger partial charge is 0.185 e. The maximum Gasteiger partial charge on any atom is 0.185 e. The van der Waals surface area contributed by atoms with Crippen LogP contribution in [0.2, 0.25) is 0 Å². The van der Waals surface area contributed by atoms with Crippen LogP contribution in [0.3, 0.4) is 0 Å². The number of ketones is 1. The first kappa shape index (κ1) is 14.3. The van der Waals surface area contributed by atoms with Crippen LogP contribution in [0.4, 0.5) is 0 Å². The summed E-state index contributed by atoms with van der Waals surface area (Å²) < 4.78 is 23.7. The molecule has 0 bridgehead atoms. The number of thioether (sulfide) groups is 1. The van der Waals surface area contributed by atoms with Gasteiger partial charge in [-0.2, -0.15) is 11.8 Å². The van der Waals surface area contributed by atoms with Crippen molar-refractivity contribution in [2.45, 2.75) is 24.0 Å². The van der Waals surface area contributed by atoms with E-state index in [4.69, 9.17) is 0 Å². The Bertz CT molecular complexity index is 464. The summed E-state index contributed by atoms with van der Waals surface area (Å²) in [5.74, 6) is -0.395. The lowest BCUT2D eigenvalue weighted by Crippen LogP contribution is -2.18. The highest BCUT2D eigenvalue weighted by atomic mass is 32.2. The van der Waals surface area contributed by atoms with Crippen LogP contribution >= 0.6 is 11.8 Å². The van der Waals surface area contributed by atoms with E-state index in [0.29, 0.717) is 5.25 Å². The van der Waals surface area contributed by atoms with Gasteiger partial charge in [0.15, 0.2) is 15.6 Å². The van der Waals surface area contributed by atoms with Crippen molar-refractivity contribution in [1.82, 2.24) is 0 Å². The second-order valence-corrected chi connectivity index (χ2v) is 7.52. The molecule has 0 unspecified atom stereocenters. The molecule has 5 heteroatoms. The molecule has 0 fully saturated rings. The van der Waals surface area contributed by atoms with E-state index in [-0.39, 0.29) is 16.4 Å². The third-order valence-electron chi connectivity index (χ3n) is 2.03. The van der Waals surface area contributed by atoms with E-state index in [1.165, 1.54) is 23.9 Å². The highest BCUT2D eigenvalue weighted by molar-refractivity contribution is 8.00. The van der Waals surface area contributed by atoms with Gasteiger partial charge >= 0.3 is 0 Å². The Morgan fingerprint density at radius 3 is 2.35 bits per heavy atom. The van der Waals surface area contributed by atoms with Gasteiger partial charge in [0, 0.05) is 0 Å². The normalized spacial score (nSPS) is 11.7. The molecule has 0 saturated carbocycles. The molecule has 0 aliphatic carbocycles. The molecule has 0 heterocycles. The number of hydrogen-bond acceptors (Lipinski definition) is 4. The monoisotopic (exact) mass is 272 g/mol. The number of rotatable bonds is 6. The largest absolute Gasteiger partial charge is 0.298 e. The topological polar surface area (TPSA) is 51.2 Å². The molecule has 0 N–H and O–H groups in total. The Kier molecular flexibility index (Phi) is 5.21. The fourth-order valence-electron chi connectivity index (χ4n) is 1.22. The van der Waals surface area contributed by atoms with Crippen LogP contribution in [0.1, 0.15) is 13.8 Å². The summed E-state index contributed by atoms with van der Waals surface area (Å²) >= 11 is 1.46. The van der Waals surface area contributed by atoms with Crippen molar-refractivity contribution in [3.63, 3.8) is 0 Å². The fraction of sp³-hybridized carbons (Fsp3) is 0.417. The number of carbonyl (C=O) groups excluding carboxylic acids is 1. The van der Waals surface area contributed by atoms with Crippen molar-refractivity contribution < 1.29 is 13.2 Å². The maximum absolute atomic E-state index is 11.9. The van der Waals surface area contributed by atoms with E-state index >= 15 is 0 Å². The first-order valence-corrected chi connectivity index (χ1v) is 8.03. The predicted octanol–water partition coefficient (Wildman–Crippen LogP) is 2.17. The number of benzene rings is 1. The molecule has 0 aliphatic rings. The summed E-state index contributed by atoms with van der Waals surface area (Å²) in [6, 6.07) is 8.08. The molecule has 0 saturated heterocycles. The van der Waals surface area contributed by atoms with Gasteiger partial charge in [-0.25, -0.2) is 8.42 Å². The van der Waals surface area contributed by atoms with Crippen molar-refractivity contribution in [1.29, 1.82) is 0 Å². The van der Waals surface area contributed by atoms with Gasteiger partial charge in [0.1, 0.15) is 5.75 Å². The highest BCUT2D eigenvalue weighted by Gasteiger charge is 2.18. The van der Waals surface area contributed by atoms with Crippen LogP contribution in [0.5, 0.6) is 0 Å². The molecule has 1 rings (SSSR count). The Labute approximate surface area is 107 Å². The lowest BCUT2D eigenvalue weighted by atomic mass is 10.4. The van der Waals surface area contributed by atoms with Gasteiger partial charge < -0.3 is 0 Å². The number of Topliss-reactive ketones (excluding diaryl/α,β-unsaturated/α-hetero) is 1. The Hall–Kier alpha value is -0.810. The molecular formula is C12H16O3S2. The Balaban J connectivity index is 2.65. The van der Waals surface area contributed by atoms with Crippen molar-refractivity contribution in [3.05, 3.63) is 30.3 Å². The average Bonchev–Trinajstić information content (AvgIpc) is 2.27. The first-order chi connectivity index (χ1) is 7.92. The lowest BCUT2D eigenvalue weighted by molar-refractivity contribution is -0.114. The summed E-state index contributed by atoms with van der Waals surface area (Å²) in [7, 11) is -3.47. The molecule has 0 aliphatic heterocycles. The molecular weight excluding hydrogens is 256 g/mol. The molecule has 0 radical (unpaired) electrons. The molecule has 3 nitrogen and oxygen atoms in total. The molecule has 17 heavy (non-hydrogen) atoms. The van der Waals surface area contributed by atoms with Gasteiger partial charge in [-0.15, -0.1) is 0 Å². The number of sulfone groups is 1. The third-order valence-corrected chi connectivity index (χ3v) is 4.88. The van der Waals surface area contributed by atoms with Gasteiger partial charge in [-0.1, -0.05) is 32.0 Å². The molecule has 0 aromatic heterocycles. The van der Waals surface area contributed by atoms with Gasteiger partial charge in [0.05, 0.1) is 10.6 Å². The van der Waals surface area contributed by atoms with Gasteiger partial charge in [-0.3, -0.25) is 4.79 Å². The summed E-state index contributed by atoms with van der Waals surface area (Å²) in [4.78, 5) is 11.7. The summed E-state index contributed by atoms with van der Waals surface area (Å²) in [6.07, 6.45) is 0. The highest BCUT2D eigenvalue weighted by Crippen LogP contribution is 2.13. The SMILES string of the molecule is CC(C)SCC(=O)CS(=O)(=O)c1ccccc1. The number of hydrogen-bond donors (Lipinski definition) is 0. The van der Waals surface area contributed by atoms with E-state index in [1.807, 2.05) is 13.8 Å². The molecule has 94 valence electrons. The second kappa shape index (κ2) is 6.21. The van der Waals surface area contributed by atoms with Crippen molar-refractivity contribution >= 4 is 27.4 Å². The minimum atomic E-state index is -3.47. The van der Waals surface area contributed by atoms with Crippen LogP contribution in [-0.4, -0.2) is 31.0 Å². The van der Waals surface area contributed by atoms with Crippen molar-refractivity contribution in [2.75, 3.05) is 11.5 Å². The zero-order chi connectivity index (χ0) is 12.9. The van der Waals surface area contributed by atoms with Crippen LogP contribution < -0.4 is 0 Å². The fourth-order valence-corrected chi connectivity index (χ4v) is 3.24. The van der Waals surface area contributed by atoms with Crippen LogP contribution in [0.15, 0.2) is 35.2 Å². The van der Waals surface area contributed by atoms with E-state index in [0.717, 1.165) is 0 Å². The zero-order valence-electron chi connectivity index (χ0n) is 9.92. The van der Waals surface area contributed by atoms with E-state index in [2.05, 4.69) is 0 Å². The molecule has 1 aromatic rings. The van der Waals surface area contributed by atoms with Crippen molar-refractivity contribution in [3.8, 4) is 0 Å². The predicted molar refractivity (Wildman–Crippen MR) is 71.1 cm³/mol. The molecule has 0 atom stereocenters. The minimum absolute atomic E-state index is 0.211. The van der Waals surface area contributed by atoms with Crippen LogP contribution in [-0.2, 0) is 14.6 Å². The second-order valence-electron chi connectivity index (χ2n) is 3.97. The van der Waals surface area contributed by atoms with Gasteiger partial charge in [0.2, 0.25) is 0 Å². The minimum Gasteiger partial charge on any atom is -0.298 e. The van der Waals surface area contributed by atoms with Crippen molar-refractivity contribution in [2.24, 2.45) is 0 Å². The number of carbonyl (C=O) groups is 1. The molecule has 0 amide bonds. The summed E-state index contributed by atoms with van der Waals surface area (Å²) in [5.41, 5.74) is 0. The average molecular weight is 272 g/mol. The first-order valence-electron chi connectivity index (χ1n) is 5.33. The quantitative estimate of drug-likeness (QED) is 0.796. The standard InChI is InChI=1S/C12H16O3S2/c1-10(2)16-8-11(13)9-17(14,15)12-6-4-3-5-7-12/h3-7,10H,8-9H2,1-2H3. The van der Waals surface area contributed by atoms with Crippen LogP contribution in [0.25, 0.3) is 0 Å². The Morgan fingerprint density at radius 2 is 1.82 bits per heavy atom. The van der Waals surface area contributed by atoms with Crippen LogP contribution in [0, 0.1) is 0 Å². The van der Waals surface area contributed by atoms with Gasteiger partial charge in [0.25, 0.3) is 0 Å². The zero-order valence-corrected chi connectivity index (χ0v) is 11.6. The molecule has 0 spiro atoms. The van der Waals surface area contributed by atoms with E-state index in [9.17, 15) is 13.2 Å². The van der Waals surface area contributed by atoms with E-state index < -0.39 is 15.6 Å². The van der Waals surface area contributed by atoms with E-state index in [1.54, 1.807) is 18.2 Å². The maximum atomic E-state index is 11.9. The summed E-state index contributed by atoms with van der Waals surface area (Å²) in [5, 5.41) is 0.332. The summed E-state index contributed by atoms with van der Waals surface area (Å²) in [6.45, 7) is 3.95.